The molecule has 2 N–H and O–H groups in total. The Morgan fingerprint density at radius 1 is 1.39 bits per heavy atom. The van der Waals surface area contributed by atoms with Crippen LogP contribution in [-0.2, 0) is 15.1 Å². The molecular formula is C17H22ClNO4. The first-order valence-electron chi connectivity index (χ1n) is 7.64. The summed E-state index contributed by atoms with van der Waals surface area (Å²) in [4.78, 5) is 25.0. The maximum atomic E-state index is 12.7. The van der Waals surface area contributed by atoms with E-state index in [0.29, 0.717) is 29.8 Å². The molecule has 0 aliphatic heterocycles. The van der Waals surface area contributed by atoms with Crippen molar-refractivity contribution in [1.82, 2.24) is 5.32 Å². The average Bonchev–Trinajstić information content (AvgIpc) is 2.42. The molecule has 0 radical (unpaired) electrons. The molecular weight excluding hydrogens is 318 g/mol. The number of halogens is 1. The largest absolute Gasteiger partial charge is 0.444 e. The topological polar surface area (TPSA) is 75.6 Å². The van der Waals surface area contributed by atoms with Crippen molar-refractivity contribution in [3.05, 3.63) is 34.9 Å². The van der Waals surface area contributed by atoms with E-state index in [0.717, 1.165) is 0 Å². The van der Waals surface area contributed by atoms with E-state index in [-0.39, 0.29) is 0 Å². The minimum Gasteiger partial charge on any atom is -0.444 e. The molecule has 0 heterocycles. The third-order valence-electron chi connectivity index (χ3n) is 3.80. The normalized spacial score (nSPS) is 25.1. The Kier molecular flexibility index (Phi) is 5.01. The SMILES string of the molecule is CC(C)(C)OC(=O)NC1(c2ccccc2Cl)CCCC(O)C1=O. The van der Waals surface area contributed by atoms with Crippen molar-refractivity contribution < 1.29 is 19.4 Å². The summed E-state index contributed by atoms with van der Waals surface area (Å²) in [6.07, 6.45) is -0.504. The van der Waals surface area contributed by atoms with Crippen molar-refractivity contribution >= 4 is 23.5 Å². The molecule has 6 heteroatoms. The van der Waals surface area contributed by atoms with Crippen LogP contribution in [0.2, 0.25) is 5.02 Å². The average molecular weight is 340 g/mol. The number of ketones is 1. The number of nitrogens with one attached hydrogen (secondary N) is 1. The molecule has 2 rings (SSSR count). The molecule has 0 bridgehead atoms. The quantitative estimate of drug-likeness (QED) is 0.867. The second-order valence-electron chi connectivity index (χ2n) is 6.78. The van der Waals surface area contributed by atoms with Gasteiger partial charge in [0.1, 0.15) is 17.2 Å². The number of amides is 1. The first kappa shape index (κ1) is 17.8. The van der Waals surface area contributed by atoms with Crippen molar-refractivity contribution in [2.75, 3.05) is 0 Å². The van der Waals surface area contributed by atoms with Crippen LogP contribution >= 0.6 is 11.6 Å². The van der Waals surface area contributed by atoms with Gasteiger partial charge in [-0.25, -0.2) is 4.79 Å². The molecule has 2 atom stereocenters. The summed E-state index contributed by atoms with van der Waals surface area (Å²) in [7, 11) is 0. The molecule has 2 unspecified atom stereocenters. The van der Waals surface area contributed by atoms with E-state index < -0.39 is 29.1 Å². The van der Waals surface area contributed by atoms with Crippen LogP contribution in [0.3, 0.4) is 0 Å². The highest BCUT2D eigenvalue weighted by atomic mass is 35.5. The monoisotopic (exact) mass is 339 g/mol. The maximum absolute atomic E-state index is 12.7. The Morgan fingerprint density at radius 2 is 2.04 bits per heavy atom. The van der Waals surface area contributed by atoms with Crippen LogP contribution < -0.4 is 5.32 Å². The number of carbonyl (C=O) groups excluding carboxylic acids is 2. The van der Waals surface area contributed by atoms with E-state index in [1.807, 2.05) is 0 Å². The highest BCUT2D eigenvalue weighted by molar-refractivity contribution is 6.31. The lowest BCUT2D eigenvalue weighted by Gasteiger charge is -2.39. The third kappa shape index (κ3) is 3.85. The third-order valence-corrected chi connectivity index (χ3v) is 4.13. The van der Waals surface area contributed by atoms with Gasteiger partial charge in [-0.15, -0.1) is 0 Å². The van der Waals surface area contributed by atoms with Crippen molar-refractivity contribution in [3.63, 3.8) is 0 Å². The van der Waals surface area contributed by atoms with Gasteiger partial charge in [0.2, 0.25) is 0 Å². The molecule has 126 valence electrons. The van der Waals surface area contributed by atoms with Gasteiger partial charge in [0.05, 0.1) is 0 Å². The standard InChI is InChI=1S/C17H22ClNO4/c1-16(2,3)23-15(22)19-17(10-6-9-13(20)14(17)21)11-7-4-5-8-12(11)18/h4-5,7-8,13,20H,6,9-10H2,1-3H3,(H,19,22). The summed E-state index contributed by atoms with van der Waals surface area (Å²) in [5, 5.41) is 13.1. The number of Topliss-reactive ketones (excluding diaryl/α,β-unsaturated/α-hetero) is 1. The fourth-order valence-corrected chi connectivity index (χ4v) is 3.14. The Morgan fingerprint density at radius 3 is 2.65 bits per heavy atom. The van der Waals surface area contributed by atoms with Gasteiger partial charge in [0.25, 0.3) is 0 Å². The number of hydrogen-bond acceptors (Lipinski definition) is 4. The van der Waals surface area contributed by atoms with Crippen LogP contribution in [0.1, 0.15) is 45.6 Å². The van der Waals surface area contributed by atoms with E-state index in [1.54, 1.807) is 45.0 Å². The first-order chi connectivity index (χ1) is 10.7. The summed E-state index contributed by atoms with van der Waals surface area (Å²) < 4.78 is 5.28. The van der Waals surface area contributed by atoms with Gasteiger partial charge in [-0.1, -0.05) is 29.8 Å². The van der Waals surface area contributed by atoms with E-state index in [2.05, 4.69) is 5.32 Å². The summed E-state index contributed by atoms with van der Waals surface area (Å²) in [5.41, 5.74) is -1.57. The zero-order chi connectivity index (χ0) is 17.3. The molecule has 1 aliphatic rings. The van der Waals surface area contributed by atoms with Gasteiger partial charge in [0, 0.05) is 10.6 Å². The zero-order valence-electron chi connectivity index (χ0n) is 13.6. The predicted octanol–water partition coefficient (Wildman–Crippen LogP) is 3.17. The molecule has 1 aliphatic carbocycles. The number of hydrogen-bond donors (Lipinski definition) is 2. The number of benzene rings is 1. The van der Waals surface area contributed by atoms with Crippen molar-refractivity contribution in [2.45, 2.75) is 57.3 Å². The van der Waals surface area contributed by atoms with Crippen LogP contribution in [-0.4, -0.2) is 28.7 Å². The molecule has 5 nitrogen and oxygen atoms in total. The zero-order valence-corrected chi connectivity index (χ0v) is 14.3. The van der Waals surface area contributed by atoms with Gasteiger partial charge in [-0.2, -0.15) is 0 Å². The van der Waals surface area contributed by atoms with Crippen molar-refractivity contribution in [1.29, 1.82) is 0 Å². The smallest absolute Gasteiger partial charge is 0.408 e. The minimum atomic E-state index is -1.36. The number of aliphatic hydroxyl groups excluding tert-OH is 1. The van der Waals surface area contributed by atoms with Crippen LogP contribution in [0.15, 0.2) is 24.3 Å². The number of alkyl carbamates (subject to hydrolysis) is 1. The first-order valence-corrected chi connectivity index (χ1v) is 8.02. The summed E-state index contributed by atoms with van der Waals surface area (Å²) >= 11 is 6.25. The maximum Gasteiger partial charge on any atom is 0.408 e. The van der Waals surface area contributed by atoms with E-state index in [4.69, 9.17) is 16.3 Å². The highest BCUT2D eigenvalue weighted by Crippen LogP contribution is 2.38. The summed E-state index contributed by atoms with van der Waals surface area (Å²) in [6.45, 7) is 5.23. The molecule has 1 aromatic rings. The second-order valence-corrected chi connectivity index (χ2v) is 7.19. The van der Waals surface area contributed by atoms with Crippen molar-refractivity contribution in [2.24, 2.45) is 0 Å². The van der Waals surface area contributed by atoms with E-state index in [1.165, 1.54) is 0 Å². The Labute approximate surface area is 141 Å². The number of aliphatic hydroxyl groups is 1. The predicted molar refractivity (Wildman–Crippen MR) is 87.4 cm³/mol. The number of ether oxygens (including phenoxy) is 1. The minimum absolute atomic E-state index is 0.367. The van der Waals surface area contributed by atoms with Gasteiger partial charge in [0.15, 0.2) is 5.78 Å². The van der Waals surface area contributed by atoms with Crippen molar-refractivity contribution in [3.8, 4) is 0 Å². The molecule has 1 saturated carbocycles. The van der Waals surface area contributed by atoms with Crippen LogP contribution in [0, 0.1) is 0 Å². The summed E-state index contributed by atoms with van der Waals surface area (Å²) in [5.74, 6) is -0.456. The fraction of sp³-hybridized carbons (Fsp3) is 0.529. The van der Waals surface area contributed by atoms with Crippen LogP contribution in [0.5, 0.6) is 0 Å². The lowest BCUT2D eigenvalue weighted by atomic mass is 9.74. The van der Waals surface area contributed by atoms with Gasteiger partial charge in [-0.3, -0.25) is 4.79 Å². The Balaban J connectivity index is 2.42. The van der Waals surface area contributed by atoms with E-state index in [9.17, 15) is 14.7 Å². The fourth-order valence-electron chi connectivity index (χ4n) is 2.84. The lowest BCUT2D eigenvalue weighted by molar-refractivity contribution is -0.137. The molecule has 0 spiro atoms. The molecule has 1 fully saturated rings. The van der Waals surface area contributed by atoms with E-state index >= 15 is 0 Å². The second kappa shape index (κ2) is 6.49. The summed E-state index contributed by atoms with van der Waals surface area (Å²) in [6, 6.07) is 6.84. The molecule has 1 aromatic carbocycles. The number of carbonyl (C=O) groups is 2. The molecule has 23 heavy (non-hydrogen) atoms. The Hall–Kier alpha value is -1.59. The van der Waals surface area contributed by atoms with Gasteiger partial charge in [-0.05, 0) is 46.1 Å². The molecule has 1 amide bonds. The Bertz CT molecular complexity index is 611. The van der Waals surface area contributed by atoms with Crippen LogP contribution in [0.25, 0.3) is 0 Å². The van der Waals surface area contributed by atoms with Crippen LogP contribution in [0.4, 0.5) is 4.79 Å². The molecule has 0 saturated heterocycles. The van der Waals surface area contributed by atoms with Gasteiger partial charge >= 0.3 is 6.09 Å². The highest BCUT2D eigenvalue weighted by Gasteiger charge is 2.48. The molecule has 0 aromatic heterocycles. The number of rotatable bonds is 2. The van der Waals surface area contributed by atoms with Gasteiger partial charge < -0.3 is 15.2 Å². The lowest BCUT2D eigenvalue weighted by Crippen LogP contribution is -2.58.